The fourth-order valence-corrected chi connectivity index (χ4v) is 1.68. The number of carbonyl (C=O) groups excluding carboxylic acids is 1. The van der Waals surface area contributed by atoms with E-state index in [2.05, 4.69) is 19.2 Å². The first kappa shape index (κ1) is 10.0. The quantitative estimate of drug-likeness (QED) is 0.805. The van der Waals surface area contributed by atoms with E-state index in [1.807, 2.05) is 24.3 Å². The Morgan fingerprint density at radius 3 is 2.87 bits per heavy atom. The fraction of sp³-hybridized carbons (Fsp3) is 0.417. The van der Waals surface area contributed by atoms with Crippen molar-refractivity contribution >= 4 is 11.6 Å². The first-order chi connectivity index (χ1) is 7.16. The van der Waals surface area contributed by atoms with Crippen molar-refractivity contribution in [1.82, 2.24) is 0 Å². The molecule has 3 heteroatoms. The van der Waals surface area contributed by atoms with Crippen molar-refractivity contribution in [3.05, 3.63) is 24.3 Å². The molecule has 1 aliphatic rings. The fourth-order valence-electron chi connectivity index (χ4n) is 1.68. The second-order valence-electron chi connectivity index (χ2n) is 4.22. The lowest BCUT2D eigenvalue weighted by Gasteiger charge is -2.26. The average Bonchev–Trinajstić information content (AvgIpc) is 2.18. The molecule has 0 aliphatic carbocycles. The molecule has 0 radical (unpaired) electrons. The molecule has 80 valence electrons. The average molecular weight is 205 g/mol. The van der Waals surface area contributed by atoms with Crippen LogP contribution < -0.4 is 10.1 Å². The van der Waals surface area contributed by atoms with Gasteiger partial charge in [0.15, 0.2) is 6.10 Å². The van der Waals surface area contributed by atoms with E-state index >= 15 is 0 Å². The van der Waals surface area contributed by atoms with E-state index < -0.39 is 0 Å². The van der Waals surface area contributed by atoms with Gasteiger partial charge in [0.2, 0.25) is 0 Å². The van der Waals surface area contributed by atoms with Crippen LogP contribution in [0.1, 0.15) is 20.3 Å². The lowest BCUT2D eigenvalue weighted by molar-refractivity contribution is -0.124. The third kappa shape index (κ3) is 2.12. The Kier molecular flexibility index (Phi) is 2.62. The first-order valence-electron chi connectivity index (χ1n) is 5.23. The molecule has 1 aliphatic heterocycles. The maximum Gasteiger partial charge on any atom is 0.265 e. The van der Waals surface area contributed by atoms with Crippen molar-refractivity contribution < 1.29 is 9.53 Å². The number of rotatable bonds is 2. The van der Waals surface area contributed by atoms with Crippen LogP contribution in [0.2, 0.25) is 0 Å². The van der Waals surface area contributed by atoms with Gasteiger partial charge in [-0.25, -0.2) is 0 Å². The predicted octanol–water partition coefficient (Wildman–Crippen LogP) is 2.43. The number of anilines is 1. The van der Waals surface area contributed by atoms with E-state index in [1.54, 1.807) is 0 Å². The summed E-state index contributed by atoms with van der Waals surface area (Å²) in [6, 6.07) is 7.51. The minimum Gasteiger partial charge on any atom is -0.478 e. The molecule has 1 aromatic rings. The maximum atomic E-state index is 11.7. The summed E-state index contributed by atoms with van der Waals surface area (Å²) in [5.41, 5.74) is 0.766. The van der Waals surface area contributed by atoms with Crippen molar-refractivity contribution in [2.45, 2.75) is 26.4 Å². The number of amides is 1. The third-order valence-corrected chi connectivity index (χ3v) is 2.39. The van der Waals surface area contributed by atoms with Crippen LogP contribution in [0, 0.1) is 5.92 Å². The molecule has 1 heterocycles. The van der Waals surface area contributed by atoms with Crippen LogP contribution in [0.5, 0.6) is 5.75 Å². The van der Waals surface area contributed by atoms with E-state index in [1.165, 1.54) is 0 Å². The van der Waals surface area contributed by atoms with Gasteiger partial charge in [-0.15, -0.1) is 0 Å². The molecule has 2 rings (SSSR count). The van der Waals surface area contributed by atoms with Gasteiger partial charge in [0, 0.05) is 0 Å². The van der Waals surface area contributed by atoms with E-state index in [9.17, 15) is 4.79 Å². The van der Waals surface area contributed by atoms with Gasteiger partial charge in [-0.2, -0.15) is 0 Å². The topological polar surface area (TPSA) is 38.3 Å². The molecular weight excluding hydrogens is 190 g/mol. The zero-order valence-corrected chi connectivity index (χ0v) is 8.99. The minimum absolute atomic E-state index is 0.0394. The Bertz CT molecular complexity index is 374. The molecule has 0 saturated carbocycles. The van der Waals surface area contributed by atoms with Gasteiger partial charge in [0.25, 0.3) is 5.91 Å². The van der Waals surface area contributed by atoms with Gasteiger partial charge in [0.05, 0.1) is 5.69 Å². The van der Waals surface area contributed by atoms with Gasteiger partial charge in [0.1, 0.15) is 5.75 Å². The van der Waals surface area contributed by atoms with Gasteiger partial charge in [-0.3, -0.25) is 4.79 Å². The normalized spacial score (nSPS) is 19.4. The Morgan fingerprint density at radius 1 is 1.40 bits per heavy atom. The number of hydrogen-bond donors (Lipinski definition) is 1. The zero-order valence-electron chi connectivity index (χ0n) is 8.99. The molecule has 3 nitrogen and oxygen atoms in total. The summed E-state index contributed by atoms with van der Waals surface area (Å²) in [7, 11) is 0. The summed E-state index contributed by atoms with van der Waals surface area (Å²) in [5, 5.41) is 2.85. The molecular formula is C12H15NO2. The van der Waals surface area contributed by atoms with Crippen LogP contribution >= 0.6 is 0 Å². The number of carbonyl (C=O) groups is 1. The van der Waals surface area contributed by atoms with Crippen LogP contribution in [0.4, 0.5) is 5.69 Å². The standard InChI is InChI=1S/C12H15NO2/c1-8(2)7-11-12(14)13-9-5-3-4-6-10(9)15-11/h3-6,8,11H,7H2,1-2H3,(H,13,14). The smallest absolute Gasteiger partial charge is 0.265 e. The van der Waals surface area contributed by atoms with Crippen LogP contribution in [0.15, 0.2) is 24.3 Å². The highest BCUT2D eigenvalue weighted by molar-refractivity contribution is 5.97. The molecule has 0 bridgehead atoms. The molecule has 15 heavy (non-hydrogen) atoms. The number of hydrogen-bond acceptors (Lipinski definition) is 2. The molecule has 0 saturated heterocycles. The number of nitrogens with one attached hydrogen (secondary N) is 1. The molecule has 1 N–H and O–H groups in total. The monoisotopic (exact) mass is 205 g/mol. The van der Waals surface area contributed by atoms with E-state index in [4.69, 9.17) is 4.74 Å². The van der Waals surface area contributed by atoms with Crippen molar-refractivity contribution in [1.29, 1.82) is 0 Å². The summed E-state index contributed by atoms with van der Waals surface area (Å²) in [5.74, 6) is 1.18. The summed E-state index contributed by atoms with van der Waals surface area (Å²) in [6.45, 7) is 4.16. The van der Waals surface area contributed by atoms with E-state index in [0.717, 1.165) is 17.9 Å². The Labute approximate surface area is 89.4 Å². The molecule has 1 atom stereocenters. The lowest BCUT2D eigenvalue weighted by Crippen LogP contribution is -2.37. The Balaban J connectivity index is 2.18. The summed E-state index contributed by atoms with van der Waals surface area (Å²) >= 11 is 0. The van der Waals surface area contributed by atoms with Crippen LogP contribution in [-0.4, -0.2) is 12.0 Å². The second-order valence-corrected chi connectivity index (χ2v) is 4.22. The zero-order chi connectivity index (χ0) is 10.8. The van der Waals surface area contributed by atoms with Crippen molar-refractivity contribution in [3.63, 3.8) is 0 Å². The second kappa shape index (κ2) is 3.93. The third-order valence-electron chi connectivity index (χ3n) is 2.39. The van der Waals surface area contributed by atoms with E-state index in [0.29, 0.717) is 5.92 Å². The molecule has 0 aromatic heterocycles. The Morgan fingerprint density at radius 2 is 2.13 bits per heavy atom. The number of benzene rings is 1. The molecule has 0 spiro atoms. The molecule has 1 unspecified atom stereocenters. The number of fused-ring (bicyclic) bond motifs is 1. The number of ether oxygens (including phenoxy) is 1. The summed E-state index contributed by atoms with van der Waals surface area (Å²) in [6.07, 6.45) is 0.403. The first-order valence-corrected chi connectivity index (χ1v) is 5.23. The summed E-state index contributed by atoms with van der Waals surface area (Å²) in [4.78, 5) is 11.7. The minimum atomic E-state index is -0.347. The van der Waals surface area contributed by atoms with Gasteiger partial charge < -0.3 is 10.1 Å². The van der Waals surface area contributed by atoms with Gasteiger partial charge in [-0.05, 0) is 24.5 Å². The number of para-hydroxylation sites is 2. The maximum absolute atomic E-state index is 11.7. The van der Waals surface area contributed by atoms with Crippen molar-refractivity contribution in [2.24, 2.45) is 5.92 Å². The Hall–Kier alpha value is -1.51. The highest BCUT2D eigenvalue weighted by Gasteiger charge is 2.27. The van der Waals surface area contributed by atoms with Gasteiger partial charge >= 0.3 is 0 Å². The van der Waals surface area contributed by atoms with Crippen LogP contribution in [-0.2, 0) is 4.79 Å². The van der Waals surface area contributed by atoms with Crippen LogP contribution in [0.3, 0.4) is 0 Å². The molecule has 0 fully saturated rings. The highest BCUT2D eigenvalue weighted by Crippen LogP contribution is 2.30. The highest BCUT2D eigenvalue weighted by atomic mass is 16.5. The largest absolute Gasteiger partial charge is 0.478 e. The predicted molar refractivity (Wildman–Crippen MR) is 58.9 cm³/mol. The SMILES string of the molecule is CC(C)CC1Oc2ccccc2NC1=O. The van der Waals surface area contributed by atoms with Gasteiger partial charge in [-0.1, -0.05) is 26.0 Å². The molecule has 1 amide bonds. The van der Waals surface area contributed by atoms with Crippen molar-refractivity contribution in [3.8, 4) is 5.75 Å². The lowest BCUT2D eigenvalue weighted by atomic mass is 10.0. The van der Waals surface area contributed by atoms with E-state index in [-0.39, 0.29) is 12.0 Å². The molecule has 1 aromatic carbocycles. The van der Waals surface area contributed by atoms with Crippen molar-refractivity contribution in [2.75, 3.05) is 5.32 Å². The van der Waals surface area contributed by atoms with Crippen LogP contribution in [0.25, 0.3) is 0 Å². The summed E-state index contributed by atoms with van der Waals surface area (Å²) < 4.78 is 5.64.